The Morgan fingerprint density at radius 2 is 1.53 bits per heavy atom. The van der Waals surface area contributed by atoms with Crippen molar-refractivity contribution in [1.29, 1.82) is 0 Å². The van der Waals surface area contributed by atoms with E-state index in [9.17, 15) is 5.11 Å². The van der Waals surface area contributed by atoms with E-state index in [0.717, 1.165) is 12.0 Å². The average Bonchev–Trinajstić information content (AvgIpc) is 3.31. The first-order chi connectivity index (χ1) is 14.4. The van der Waals surface area contributed by atoms with Crippen molar-refractivity contribution in [2.24, 2.45) is 0 Å². The van der Waals surface area contributed by atoms with Crippen LogP contribution >= 0.6 is 0 Å². The Labute approximate surface area is 201 Å². The maximum Gasteiger partial charge on any atom is 0.200 e. The second-order valence-corrected chi connectivity index (χ2v) is 22.7. The average molecular weight is 487 g/mol. The van der Waals surface area contributed by atoms with E-state index in [1.165, 1.54) is 0 Å². The molecule has 1 aliphatic rings. The van der Waals surface area contributed by atoms with Gasteiger partial charge in [-0.3, -0.25) is 0 Å². The van der Waals surface area contributed by atoms with Crippen LogP contribution in [0.3, 0.4) is 0 Å². The van der Waals surface area contributed by atoms with Crippen LogP contribution in [-0.2, 0) is 13.6 Å². The third-order valence-corrected chi connectivity index (χ3v) is 18.8. The van der Waals surface area contributed by atoms with Crippen LogP contribution in [0.5, 0.6) is 0 Å². The highest BCUT2D eigenvalue weighted by atomic mass is 28.4. The van der Waals surface area contributed by atoms with E-state index in [0.29, 0.717) is 23.2 Å². The normalized spacial score (nSPS) is 25.1. The van der Waals surface area contributed by atoms with Crippen molar-refractivity contribution in [1.82, 2.24) is 0 Å². The molecule has 1 aliphatic heterocycles. The Bertz CT molecular complexity index is 614. The first-order valence-electron chi connectivity index (χ1n) is 12.7. The SMILES string of the molecule is CC/C=C(\C)[C@H](O)[C@]1(C)O[C@H]1[C@@H](CO[Si](C(C)C)(C(C)C)C(C)C)O[Si](C)(C)C(C)(C)C. The van der Waals surface area contributed by atoms with Gasteiger partial charge in [0.1, 0.15) is 17.8 Å². The summed E-state index contributed by atoms with van der Waals surface area (Å²) in [5.74, 6) is 0. The van der Waals surface area contributed by atoms with Gasteiger partial charge >= 0.3 is 0 Å². The molecule has 1 saturated heterocycles. The summed E-state index contributed by atoms with van der Waals surface area (Å²) in [5.41, 5.74) is 1.90. The monoisotopic (exact) mass is 486 g/mol. The summed E-state index contributed by atoms with van der Waals surface area (Å²) in [6.45, 7) is 31.9. The maximum absolute atomic E-state index is 11.0. The molecule has 0 aromatic heterocycles. The summed E-state index contributed by atoms with van der Waals surface area (Å²) < 4.78 is 20.1. The van der Waals surface area contributed by atoms with Crippen LogP contribution in [0.4, 0.5) is 0 Å². The van der Waals surface area contributed by atoms with Gasteiger partial charge in [-0.2, -0.15) is 0 Å². The lowest BCUT2D eigenvalue weighted by molar-refractivity contribution is 0.0807. The van der Waals surface area contributed by atoms with Crippen LogP contribution in [0.2, 0.25) is 34.8 Å². The third-order valence-electron chi connectivity index (χ3n) is 8.18. The lowest BCUT2D eigenvalue weighted by Gasteiger charge is -2.44. The van der Waals surface area contributed by atoms with Gasteiger partial charge in [-0.05, 0) is 60.6 Å². The van der Waals surface area contributed by atoms with Gasteiger partial charge in [-0.25, -0.2) is 0 Å². The Morgan fingerprint density at radius 1 is 1.06 bits per heavy atom. The predicted molar refractivity (Wildman–Crippen MR) is 142 cm³/mol. The molecule has 190 valence electrons. The fourth-order valence-corrected chi connectivity index (χ4v) is 12.0. The Hall–Kier alpha value is 0.0138. The number of allylic oxidation sites excluding steroid dienone is 1. The van der Waals surface area contributed by atoms with Crippen LogP contribution in [0.25, 0.3) is 0 Å². The van der Waals surface area contributed by atoms with Crippen molar-refractivity contribution in [3.8, 4) is 0 Å². The predicted octanol–water partition coefficient (Wildman–Crippen LogP) is 7.44. The first-order valence-corrected chi connectivity index (χ1v) is 17.8. The first kappa shape index (κ1) is 30.0. The number of aliphatic hydroxyl groups excluding tert-OH is 1. The molecular formula is C26H54O4Si2. The van der Waals surface area contributed by atoms with E-state index in [1.54, 1.807) is 0 Å². The van der Waals surface area contributed by atoms with Gasteiger partial charge in [0.2, 0.25) is 0 Å². The molecule has 1 heterocycles. The second-order valence-electron chi connectivity index (χ2n) is 12.5. The van der Waals surface area contributed by atoms with Crippen LogP contribution in [-0.4, -0.2) is 52.3 Å². The van der Waals surface area contributed by atoms with Gasteiger partial charge in [0.25, 0.3) is 0 Å². The standard InChI is InChI=1S/C26H54O4Si2/c1-15-16-21(8)23(27)26(12)24(29-26)22(30-31(13,14)25(9,10)11)17-28-32(18(2)3,19(4)5)20(6)7/h16,18-20,22-24,27H,15,17H2,1-14H3/b21-16+/t22-,23+,24+,26+/m1/s1. The number of ether oxygens (including phenoxy) is 1. The van der Waals surface area contributed by atoms with Crippen molar-refractivity contribution in [3.05, 3.63) is 11.6 Å². The highest BCUT2D eigenvalue weighted by Gasteiger charge is 2.63. The van der Waals surface area contributed by atoms with Crippen molar-refractivity contribution in [2.75, 3.05) is 6.61 Å². The van der Waals surface area contributed by atoms with E-state index < -0.39 is 28.3 Å². The number of rotatable bonds is 12. The quantitative estimate of drug-likeness (QED) is 0.177. The lowest BCUT2D eigenvalue weighted by atomic mass is 9.92. The highest BCUT2D eigenvalue weighted by Crippen LogP contribution is 2.48. The molecule has 6 heteroatoms. The Balaban J connectivity index is 3.25. The molecule has 0 aromatic carbocycles. The second kappa shape index (κ2) is 10.7. The number of hydrogen-bond donors (Lipinski definition) is 1. The van der Waals surface area contributed by atoms with E-state index in [1.807, 2.05) is 13.8 Å². The smallest absolute Gasteiger partial charge is 0.200 e. The summed E-state index contributed by atoms with van der Waals surface area (Å²) in [7, 11) is -4.08. The molecule has 32 heavy (non-hydrogen) atoms. The van der Waals surface area contributed by atoms with E-state index in [2.05, 4.69) is 88.4 Å². The van der Waals surface area contributed by atoms with E-state index in [4.69, 9.17) is 13.6 Å². The molecule has 0 aliphatic carbocycles. The number of hydrogen-bond acceptors (Lipinski definition) is 4. The fourth-order valence-electron chi connectivity index (χ4n) is 5.26. The highest BCUT2D eigenvalue weighted by molar-refractivity contribution is 6.77. The van der Waals surface area contributed by atoms with Gasteiger partial charge in [-0.15, -0.1) is 0 Å². The third kappa shape index (κ3) is 6.17. The molecule has 0 unspecified atom stereocenters. The molecule has 1 N–H and O–H groups in total. The van der Waals surface area contributed by atoms with Gasteiger partial charge in [0, 0.05) is 0 Å². The van der Waals surface area contributed by atoms with Crippen LogP contribution in [0.15, 0.2) is 11.6 Å². The molecule has 1 rings (SSSR count). The zero-order chi connectivity index (χ0) is 25.3. The van der Waals surface area contributed by atoms with Gasteiger partial charge in [-0.1, -0.05) is 75.3 Å². The van der Waals surface area contributed by atoms with Crippen molar-refractivity contribution < 1.29 is 18.7 Å². The molecular weight excluding hydrogens is 432 g/mol. The van der Waals surface area contributed by atoms with Gasteiger partial charge in [0.05, 0.1) is 12.7 Å². The summed E-state index contributed by atoms with van der Waals surface area (Å²) in [6.07, 6.45) is 2.03. The molecule has 0 amide bonds. The van der Waals surface area contributed by atoms with E-state index >= 15 is 0 Å². The summed E-state index contributed by atoms with van der Waals surface area (Å²) in [5, 5.41) is 11.1. The molecule has 4 atom stereocenters. The molecule has 4 nitrogen and oxygen atoms in total. The number of aliphatic hydroxyl groups is 1. The Kier molecular flexibility index (Phi) is 10.1. The van der Waals surface area contributed by atoms with Crippen molar-refractivity contribution in [2.45, 2.75) is 148 Å². The maximum atomic E-state index is 11.0. The van der Waals surface area contributed by atoms with Crippen molar-refractivity contribution >= 4 is 16.6 Å². The van der Waals surface area contributed by atoms with Crippen LogP contribution in [0, 0.1) is 0 Å². The van der Waals surface area contributed by atoms with Gasteiger partial charge < -0.3 is 18.7 Å². The van der Waals surface area contributed by atoms with Gasteiger partial charge in [0.15, 0.2) is 16.6 Å². The van der Waals surface area contributed by atoms with E-state index in [-0.39, 0.29) is 17.2 Å². The fraction of sp³-hybridized carbons (Fsp3) is 0.923. The summed E-state index contributed by atoms with van der Waals surface area (Å²) in [6, 6.07) is 0. The summed E-state index contributed by atoms with van der Waals surface area (Å²) in [4.78, 5) is 0. The van der Waals surface area contributed by atoms with Crippen LogP contribution < -0.4 is 0 Å². The molecule has 0 radical (unpaired) electrons. The minimum Gasteiger partial charge on any atom is -0.413 e. The molecule has 0 aromatic rings. The minimum atomic E-state index is -2.05. The van der Waals surface area contributed by atoms with Crippen molar-refractivity contribution in [3.63, 3.8) is 0 Å². The number of epoxide rings is 1. The van der Waals surface area contributed by atoms with Crippen LogP contribution in [0.1, 0.15) is 89.5 Å². The Morgan fingerprint density at radius 3 is 1.91 bits per heavy atom. The molecule has 0 bridgehead atoms. The largest absolute Gasteiger partial charge is 0.413 e. The molecule has 0 spiro atoms. The zero-order valence-electron chi connectivity index (χ0n) is 23.6. The summed E-state index contributed by atoms with van der Waals surface area (Å²) >= 11 is 0. The lowest BCUT2D eigenvalue weighted by Crippen LogP contribution is -2.53. The minimum absolute atomic E-state index is 0.0931. The molecule has 1 fully saturated rings. The molecule has 0 saturated carbocycles. The topological polar surface area (TPSA) is 51.2 Å². The zero-order valence-corrected chi connectivity index (χ0v) is 25.6.